The molecule has 8 heteroatoms. The van der Waals surface area contributed by atoms with E-state index in [1.54, 1.807) is 18.3 Å². The van der Waals surface area contributed by atoms with Crippen LogP contribution in [0.5, 0.6) is 0 Å². The summed E-state index contributed by atoms with van der Waals surface area (Å²) in [6.07, 6.45) is 2.56. The summed E-state index contributed by atoms with van der Waals surface area (Å²) in [5.41, 5.74) is 0.719. The second kappa shape index (κ2) is 7.49. The Morgan fingerprint density at radius 1 is 1.32 bits per heavy atom. The van der Waals surface area contributed by atoms with Crippen LogP contribution in [0.3, 0.4) is 0 Å². The molecule has 0 atom stereocenters. The van der Waals surface area contributed by atoms with Crippen LogP contribution in [0, 0.1) is 0 Å². The van der Waals surface area contributed by atoms with Gasteiger partial charge in [-0.3, -0.25) is 0 Å². The number of nitrogens with zero attached hydrogens (tertiary/aromatic N) is 2. The van der Waals surface area contributed by atoms with Crippen LogP contribution in [0.15, 0.2) is 22.7 Å². The molecule has 2 aromatic rings. The molecule has 0 aliphatic carbocycles. The highest BCUT2D eigenvalue weighted by Crippen LogP contribution is 2.36. The smallest absolute Gasteiger partial charge is 0.464 e. The average Bonchev–Trinajstić information content (AvgIpc) is 2.94. The van der Waals surface area contributed by atoms with E-state index in [-0.39, 0.29) is 10.7 Å². The van der Waals surface area contributed by atoms with Gasteiger partial charge in [-0.1, -0.05) is 20.8 Å². The minimum atomic E-state index is -1.71. The summed E-state index contributed by atoms with van der Waals surface area (Å²) in [6, 6.07) is 3.35. The lowest BCUT2D eigenvalue weighted by Gasteiger charge is -2.36. The van der Waals surface area contributed by atoms with Gasteiger partial charge in [0.1, 0.15) is 17.1 Å². The van der Waals surface area contributed by atoms with Crippen LogP contribution < -0.4 is 10.6 Å². The normalized spacial score (nSPS) is 12.6. The molecule has 138 valence electrons. The van der Waals surface area contributed by atoms with E-state index in [2.05, 4.69) is 38.8 Å². The van der Waals surface area contributed by atoms with Gasteiger partial charge in [-0.25, -0.2) is 4.98 Å². The Morgan fingerprint density at radius 2 is 2.00 bits per heavy atom. The maximum absolute atomic E-state index is 9.28. The third-order valence-corrected chi connectivity index (χ3v) is 9.50. The topological polar surface area (TPSA) is 79.0 Å². The van der Waals surface area contributed by atoms with Crippen LogP contribution in [-0.2, 0) is 4.43 Å². The molecular weight excluding hydrogens is 335 g/mol. The second-order valence-electron chi connectivity index (χ2n) is 7.95. The molecular formula is C17H29BN2O4Si. The van der Waals surface area contributed by atoms with Gasteiger partial charge in [0.05, 0.1) is 5.39 Å². The van der Waals surface area contributed by atoms with Crippen LogP contribution in [0.25, 0.3) is 11.0 Å². The number of furan rings is 1. The Hall–Kier alpha value is -1.35. The molecule has 2 N–H and O–H groups in total. The van der Waals surface area contributed by atoms with Gasteiger partial charge in [-0.05, 0) is 36.7 Å². The first-order valence-corrected chi connectivity index (χ1v) is 11.5. The molecule has 0 fully saturated rings. The fourth-order valence-corrected chi connectivity index (χ4v) is 3.44. The zero-order chi connectivity index (χ0) is 18.8. The quantitative estimate of drug-likeness (QED) is 0.580. The Morgan fingerprint density at radius 3 is 2.60 bits per heavy atom. The number of anilines is 1. The summed E-state index contributed by atoms with van der Waals surface area (Å²) in [4.78, 5) is 6.46. The van der Waals surface area contributed by atoms with Crippen molar-refractivity contribution in [1.29, 1.82) is 0 Å². The summed E-state index contributed by atoms with van der Waals surface area (Å²) in [7, 11) is -1.37. The van der Waals surface area contributed by atoms with Crippen LogP contribution in [0.2, 0.25) is 18.1 Å². The third-order valence-electron chi connectivity index (χ3n) is 4.97. The van der Waals surface area contributed by atoms with Crippen LogP contribution in [-0.4, -0.2) is 50.7 Å². The molecule has 6 nitrogen and oxygen atoms in total. The zero-order valence-corrected chi connectivity index (χ0v) is 17.0. The molecule has 0 radical (unpaired) electrons. The summed E-state index contributed by atoms with van der Waals surface area (Å²) < 4.78 is 11.7. The van der Waals surface area contributed by atoms with E-state index in [4.69, 9.17) is 8.84 Å². The Kier molecular flexibility index (Phi) is 5.98. The van der Waals surface area contributed by atoms with E-state index in [1.807, 2.05) is 11.9 Å². The van der Waals surface area contributed by atoms with E-state index in [0.717, 1.165) is 30.8 Å². The minimum Gasteiger partial charge on any atom is -0.464 e. The summed E-state index contributed by atoms with van der Waals surface area (Å²) in [6.45, 7) is 12.7. The van der Waals surface area contributed by atoms with Crippen molar-refractivity contribution in [3.8, 4) is 0 Å². The van der Waals surface area contributed by atoms with Crippen molar-refractivity contribution in [2.75, 3.05) is 25.1 Å². The second-order valence-corrected chi connectivity index (χ2v) is 12.8. The molecule has 0 bridgehead atoms. The molecule has 2 rings (SSSR count). The summed E-state index contributed by atoms with van der Waals surface area (Å²) in [5, 5.41) is 19.6. The van der Waals surface area contributed by atoms with Crippen LogP contribution in [0.1, 0.15) is 27.2 Å². The van der Waals surface area contributed by atoms with E-state index in [9.17, 15) is 10.0 Å². The van der Waals surface area contributed by atoms with Crippen molar-refractivity contribution in [1.82, 2.24) is 4.98 Å². The van der Waals surface area contributed by atoms with Crippen molar-refractivity contribution in [2.45, 2.75) is 45.3 Å². The van der Waals surface area contributed by atoms with E-state index in [1.165, 1.54) is 0 Å². The van der Waals surface area contributed by atoms with E-state index < -0.39 is 15.4 Å². The number of hydrogen-bond acceptors (Lipinski definition) is 6. The lowest BCUT2D eigenvalue weighted by atomic mass is 9.88. The number of hydrogen-bond donors (Lipinski definition) is 2. The van der Waals surface area contributed by atoms with Crippen LogP contribution in [0.4, 0.5) is 5.82 Å². The largest absolute Gasteiger partial charge is 0.526 e. The zero-order valence-electron chi connectivity index (χ0n) is 16.0. The predicted molar refractivity (Wildman–Crippen MR) is 105 cm³/mol. The summed E-state index contributed by atoms with van der Waals surface area (Å²) >= 11 is 0. The fourth-order valence-electron chi connectivity index (χ4n) is 2.35. The van der Waals surface area contributed by atoms with Gasteiger partial charge < -0.3 is 23.8 Å². The lowest BCUT2D eigenvalue weighted by Crippen LogP contribution is -2.41. The van der Waals surface area contributed by atoms with Gasteiger partial charge >= 0.3 is 7.12 Å². The van der Waals surface area contributed by atoms with Gasteiger partial charge in [0.25, 0.3) is 0 Å². The molecule has 25 heavy (non-hydrogen) atoms. The first-order chi connectivity index (χ1) is 11.5. The maximum atomic E-state index is 9.28. The molecule has 0 aromatic carbocycles. The third kappa shape index (κ3) is 4.64. The number of pyridine rings is 1. The molecule has 2 heterocycles. The first-order valence-electron chi connectivity index (χ1n) is 8.62. The first kappa shape index (κ1) is 20.0. The van der Waals surface area contributed by atoms with E-state index >= 15 is 0 Å². The maximum Gasteiger partial charge on any atom is 0.526 e. The highest BCUT2D eigenvalue weighted by atomic mass is 28.4. The van der Waals surface area contributed by atoms with Crippen molar-refractivity contribution >= 4 is 37.9 Å². The van der Waals surface area contributed by atoms with Gasteiger partial charge in [-0.15, -0.1) is 0 Å². The average molecular weight is 364 g/mol. The van der Waals surface area contributed by atoms with E-state index in [0.29, 0.717) is 5.58 Å². The molecule has 0 saturated heterocycles. The molecule has 0 saturated carbocycles. The van der Waals surface area contributed by atoms with Gasteiger partial charge in [0.15, 0.2) is 8.32 Å². The lowest BCUT2D eigenvalue weighted by molar-refractivity contribution is 0.284. The molecule has 0 aliphatic rings. The Labute approximate surface area is 151 Å². The van der Waals surface area contributed by atoms with Crippen molar-refractivity contribution in [2.24, 2.45) is 0 Å². The number of aromatic nitrogens is 1. The van der Waals surface area contributed by atoms with Crippen molar-refractivity contribution in [3.63, 3.8) is 0 Å². The number of rotatable bonds is 7. The molecule has 0 amide bonds. The fraction of sp³-hybridized carbons (Fsp3) is 0.588. The Bertz CT molecular complexity index is 712. The number of fused-ring (bicyclic) bond motifs is 1. The van der Waals surface area contributed by atoms with Gasteiger partial charge in [-0.2, -0.15) is 0 Å². The van der Waals surface area contributed by atoms with Gasteiger partial charge in [0, 0.05) is 26.4 Å². The van der Waals surface area contributed by atoms with Crippen molar-refractivity contribution < 1.29 is 18.9 Å². The summed E-state index contributed by atoms with van der Waals surface area (Å²) in [5.74, 6) is 0.764. The molecule has 0 unspecified atom stereocenters. The van der Waals surface area contributed by atoms with Gasteiger partial charge in [0.2, 0.25) is 0 Å². The predicted octanol–water partition coefficient (Wildman–Crippen LogP) is 2.36. The Balaban J connectivity index is 2.00. The highest BCUT2D eigenvalue weighted by molar-refractivity contribution is 6.74. The van der Waals surface area contributed by atoms with Crippen molar-refractivity contribution in [3.05, 3.63) is 18.3 Å². The SMILES string of the molecule is CN(CCCO[Si](C)(C)C(C)(C)C)c1nccc2oc(B(O)O)cc12. The monoisotopic (exact) mass is 364 g/mol. The molecule has 2 aromatic heterocycles. The highest BCUT2D eigenvalue weighted by Gasteiger charge is 2.36. The molecule has 0 aliphatic heterocycles. The standard InChI is InChI=1S/C17H29BN2O4Si/c1-17(2,3)25(5,6)23-11-7-10-20(4)16-13-12-15(18(21)22)24-14(13)8-9-19-16/h8-9,12,21-22H,7,10-11H2,1-6H3. The molecule has 0 spiro atoms. The van der Waals surface area contributed by atoms with Crippen LogP contribution >= 0.6 is 0 Å². The minimum absolute atomic E-state index is 0.124.